The van der Waals surface area contributed by atoms with Crippen LogP contribution < -0.4 is 0 Å². The first-order chi connectivity index (χ1) is 38.5. The van der Waals surface area contributed by atoms with E-state index in [1.54, 1.807) is 0 Å². The van der Waals surface area contributed by atoms with Crippen molar-refractivity contribution in [1.82, 2.24) is 0 Å². The van der Waals surface area contributed by atoms with Gasteiger partial charge in [-0.1, -0.05) is 317 Å². The van der Waals surface area contributed by atoms with Crippen LogP contribution in [0.3, 0.4) is 0 Å². The van der Waals surface area contributed by atoms with Gasteiger partial charge in [0, 0.05) is 19.3 Å². The molecule has 0 aromatic rings. The SMILES string of the molecule is CC/C=C\C/C=C\C/C=C\C/C=C\C/C=C\C/C=C\C/C=C\C/C=C\CCCCC(=O)OCC(COC(=O)CCCCCCCCC)OC(=O)CCCCCCCCCCCCCCCCCCCCCCCCCCCC. The molecule has 0 heterocycles. The Balaban J connectivity index is 4.19. The van der Waals surface area contributed by atoms with E-state index in [9.17, 15) is 14.4 Å². The number of hydrogen-bond acceptors (Lipinski definition) is 6. The van der Waals surface area contributed by atoms with Gasteiger partial charge < -0.3 is 14.2 Å². The monoisotopic (exact) mass is 1080 g/mol. The predicted octanol–water partition coefficient (Wildman–Crippen LogP) is 22.8. The molecule has 0 aromatic heterocycles. The maximum absolute atomic E-state index is 12.9. The van der Waals surface area contributed by atoms with Gasteiger partial charge in [0.2, 0.25) is 0 Å². The van der Waals surface area contributed by atoms with Crippen LogP contribution in [0.15, 0.2) is 97.2 Å². The standard InChI is InChI=1S/C72H124O6/c1-4-7-10-13-16-18-20-22-24-26-28-30-32-34-36-38-39-41-43-45-47-49-51-53-56-59-62-65-71(74)77-68-69(67-76-70(73)64-61-58-55-15-12-9-6-3)78-72(75)66-63-60-57-54-52-50-48-46-44-42-40-37-35-33-31-29-27-25-23-21-19-17-14-11-8-5-2/h7,10,16,18,22,24,28,30,34,36,39,41,45,47,51,53,69H,4-6,8-9,11-15,17,19-21,23,25-27,29,31-33,35,37-38,40,42-44,46,48-50,52,54-68H2,1-3H3/b10-7-,18-16-,24-22-,30-28-,36-34-,41-39-,47-45-,53-51-. The van der Waals surface area contributed by atoms with Crippen LogP contribution in [0, 0.1) is 0 Å². The molecule has 0 rings (SSSR count). The Morgan fingerprint density at radius 3 is 0.782 bits per heavy atom. The van der Waals surface area contributed by atoms with Gasteiger partial charge >= 0.3 is 17.9 Å². The molecule has 6 heteroatoms. The average Bonchev–Trinajstić information content (AvgIpc) is 3.44. The summed E-state index contributed by atoms with van der Waals surface area (Å²) in [6.45, 7) is 6.48. The lowest BCUT2D eigenvalue weighted by Gasteiger charge is -2.18. The summed E-state index contributed by atoms with van der Waals surface area (Å²) in [7, 11) is 0. The number of rotatable bonds is 60. The minimum absolute atomic E-state index is 0.0888. The van der Waals surface area contributed by atoms with Crippen molar-refractivity contribution in [2.75, 3.05) is 13.2 Å². The second-order valence-electron chi connectivity index (χ2n) is 22.0. The third-order valence-electron chi connectivity index (χ3n) is 14.4. The van der Waals surface area contributed by atoms with Crippen molar-refractivity contribution in [1.29, 1.82) is 0 Å². The number of unbranched alkanes of at least 4 members (excludes halogenated alkanes) is 33. The van der Waals surface area contributed by atoms with Gasteiger partial charge in [0.15, 0.2) is 6.10 Å². The van der Waals surface area contributed by atoms with Crippen LogP contribution in [-0.2, 0) is 28.6 Å². The molecule has 6 nitrogen and oxygen atoms in total. The normalized spacial score (nSPS) is 12.7. The van der Waals surface area contributed by atoms with Gasteiger partial charge in [0.05, 0.1) is 0 Å². The number of esters is 3. The third-order valence-corrected chi connectivity index (χ3v) is 14.4. The van der Waals surface area contributed by atoms with Crippen molar-refractivity contribution >= 4 is 17.9 Å². The van der Waals surface area contributed by atoms with Gasteiger partial charge in [-0.2, -0.15) is 0 Å². The van der Waals surface area contributed by atoms with E-state index in [-0.39, 0.29) is 31.1 Å². The Hall–Kier alpha value is -3.67. The van der Waals surface area contributed by atoms with Crippen LogP contribution in [0.2, 0.25) is 0 Å². The number of hydrogen-bond donors (Lipinski definition) is 0. The zero-order chi connectivity index (χ0) is 56.4. The van der Waals surface area contributed by atoms with Crippen molar-refractivity contribution in [2.24, 2.45) is 0 Å². The Labute approximate surface area is 483 Å². The molecule has 448 valence electrons. The number of carbonyl (C=O) groups excluding carboxylic acids is 3. The summed E-state index contributed by atoms with van der Waals surface area (Å²) >= 11 is 0. The molecule has 0 bridgehead atoms. The van der Waals surface area contributed by atoms with E-state index in [1.165, 1.54) is 173 Å². The Morgan fingerprint density at radius 1 is 0.269 bits per heavy atom. The Morgan fingerprint density at radius 2 is 0.500 bits per heavy atom. The molecule has 0 saturated carbocycles. The summed E-state index contributed by atoms with van der Waals surface area (Å²) in [5.41, 5.74) is 0. The van der Waals surface area contributed by atoms with E-state index >= 15 is 0 Å². The first-order valence-electron chi connectivity index (χ1n) is 33.2. The molecular weight excluding hydrogens is 961 g/mol. The topological polar surface area (TPSA) is 78.9 Å². The fourth-order valence-electron chi connectivity index (χ4n) is 9.40. The van der Waals surface area contributed by atoms with Crippen molar-refractivity contribution in [2.45, 2.75) is 329 Å². The van der Waals surface area contributed by atoms with Crippen molar-refractivity contribution in [3.63, 3.8) is 0 Å². The Bertz CT molecular complexity index is 1530. The molecule has 1 unspecified atom stereocenters. The molecule has 0 aliphatic rings. The van der Waals surface area contributed by atoms with E-state index in [0.717, 1.165) is 109 Å². The van der Waals surface area contributed by atoms with Gasteiger partial charge in [-0.15, -0.1) is 0 Å². The van der Waals surface area contributed by atoms with Crippen LogP contribution in [0.5, 0.6) is 0 Å². The third kappa shape index (κ3) is 63.2. The van der Waals surface area contributed by atoms with E-state index in [1.807, 2.05) is 0 Å². The van der Waals surface area contributed by atoms with Gasteiger partial charge in [0.25, 0.3) is 0 Å². The summed E-state index contributed by atoms with van der Waals surface area (Å²) in [4.78, 5) is 38.1. The summed E-state index contributed by atoms with van der Waals surface area (Å²) in [5, 5.41) is 0. The van der Waals surface area contributed by atoms with Crippen LogP contribution in [0.25, 0.3) is 0 Å². The maximum atomic E-state index is 12.9. The maximum Gasteiger partial charge on any atom is 0.306 e. The number of ether oxygens (including phenoxy) is 3. The molecule has 0 N–H and O–H groups in total. The molecule has 0 aromatic carbocycles. The molecule has 0 spiro atoms. The van der Waals surface area contributed by atoms with Crippen LogP contribution in [-0.4, -0.2) is 37.2 Å². The summed E-state index contributed by atoms with van der Waals surface area (Å²) < 4.78 is 16.8. The molecule has 1 atom stereocenters. The molecule has 0 aliphatic carbocycles. The second-order valence-corrected chi connectivity index (χ2v) is 22.0. The fraction of sp³-hybridized carbons (Fsp3) is 0.736. The highest BCUT2D eigenvalue weighted by Crippen LogP contribution is 2.17. The highest BCUT2D eigenvalue weighted by Gasteiger charge is 2.19. The molecule has 0 aliphatic heterocycles. The van der Waals surface area contributed by atoms with Crippen molar-refractivity contribution in [3.8, 4) is 0 Å². The number of carbonyl (C=O) groups is 3. The highest BCUT2D eigenvalue weighted by molar-refractivity contribution is 5.71. The molecule has 0 radical (unpaired) electrons. The first kappa shape index (κ1) is 74.3. The van der Waals surface area contributed by atoms with Gasteiger partial charge in [-0.3, -0.25) is 14.4 Å². The summed E-state index contributed by atoms with van der Waals surface area (Å²) in [6, 6.07) is 0. The van der Waals surface area contributed by atoms with Crippen molar-refractivity contribution in [3.05, 3.63) is 97.2 Å². The van der Waals surface area contributed by atoms with Crippen LogP contribution in [0.1, 0.15) is 323 Å². The lowest BCUT2D eigenvalue weighted by Crippen LogP contribution is -2.30. The highest BCUT2D eigenvalue weighted by atomic mass is 16.6. The predicted molar refractivity (Wildman–Crippen MR) is 339 cm³/mol. The minimum Gasteiger partial charge on any atom is -0.462 e. The lowest BCUT2D eigenvalue weighted by atomic mass is 10.0. The van der Waals surface area contributed by atoms with E-state index in [4.69, 9.17) is 14.2 Å². The fourth-order valence-corrected chi connectivity index (χ4v) is 9.40. The van der Waals surface area contributed by atoms with Crippen LogP contribution in [0.4, 0.5) is 0 Å². The molecule has 0 saturated heterocycles. The van der Waals surface area contributed by atoms with Gasteiger partial charge in [-0.05, 0) is 83.5 Å². The quantitative estimate of drug-likeness (QED) is 0.0261. The summed E-state index contributed by atoms with van der Waals surface area (Å²) in [6.07, 6.45) is 88.9. The molecule has 0 fully saturated rings. The second kappa shape index (κ2) is 65.8. The van der Waals surface area contributed by atoms with E-state index in [2.05, 4.69) is 118 Å². The molecule has 78 heavy (non-hydrogen) atoms. The van der Waals surface area contributed by atoms with Gasteiger partial charge in [0.1, 0.15) is 13.2 Å². The zero-order valence-corrected chi connectivity index (χ0v) is 51.4. The number of allylic oxidation sites excluding steroid dienone is 16. The lowest BCUT2D eigenvalue weighted by molar-refractivity contribution is -0.167. The molecule has 0 amide bonds. The Kier molecular flexibility index (Phi) is 62.7. The first-order valence-corrected chi connectivity index (χ1v) is 33.2. The van der Waals surface area contributed by atoms with Crippen LogP contribution >= 0.6 is 0 Å². The minimum atomic E-state index is -0.793. The van der Waals surface area contributed by atoms with Crippen molar-refractivity contribution < 1.29 is 28.6 Å². The summed E-state index contributed by atoms with van der Waals surface area (Å²) in [5.74, 6) is -0.930. The smallest absolute Gasteiger partial charge is 0.306 e. The van der Waals surface area contributed by atoms with E-state index in [0.29, 0.717) is 19.3 Å². The largest absolute Gasteiger partial charge is 0.462 e. The van der Waals surface area contributed by atoms with E-state index < -0.39 is 6.10 Å². The molecular formula is C72H124O6. The average molecular weight is 1090 g/mol. The zero-order valence-electron chi connectivity index (χ0n) is 51.4. The van der Waals surface area contributed by atoms with Gasteiger partial charge in [-0.25, -0.2) is 0 Å².